The molecule has 3 nitrogen and oxygen atoms in total. The van der Waals surface area contributed by atoms with Crippen LogP contribution in [0.15, 0.2) is 0 Å². The second-order valence-electron chi connectivity index (χ2n) is 3.45. The predicted octanol–water partition coefficient (Wildman–Crippen LogP) is 2.93. The van der Waals surface area contributed by atoms with Crippen molar-refractivity contribution in [2.45, 2.75) is 20.8 Å². The summed E-state index contributed by atoms with van der Waals surface area (Å²) < 4.78 is 0.989. The van der Waals surface area contributed by atoms with Crippen molar-refractivity contribution in [1.29, 1.82) is 0 Å². The third-order valence-electron chi connectivity index (χ3n) is 2.61. The molecule has 0 atom stereocenters. The summed E-state index contributed by atoms with van der Waals surface area (Å²) in [5.41, 5.74) is 9.34. The highest BCUT2D eigenvalue weighted by molar-refractivity contribution is 7.22. The van der Waals surface area contributed by atoms with Crippen LogP contribution < -0.4 is 5.73 Å². The average Bonchev–Trinajstić information content (AvgIpc) is 2.54. The van der Waals surface area contributed by atoms with Crippen LogP contribution in [0.25, 0.3) is 10.2 Å². The minimum Gasteiger partial charge on any atom is -0.507 e. The summed E-state index contributed by atoms with van der Waals surface area (Å²) >= 11 is 1.42. The van der Waals surface area contributed by atoms with Crippen LogP contribution in [-0.2, 0) is 0 Å². The molecule has 5 heteroatoms. The number of thiazole rings is 1. The normalized spacial score (nSPS) is 10.3. The van der Waals surface area contributed by atoms with Crippen molar-refractivity contribution in [3.05, 3.63) is 16.7 Å². The number of halogens is 1. The number of fused-ring (bicyclic) bond motifs is 1. The third-order valence-corrected chi connectivity index (χ3v) is 3.62. The number of aryl methyl sites for hydroxylation is 2. The Hall–Kier alpha value is -1.00. The molecule has 15 heavy (non-hydrogen) atoms. The number of nitrogens with two attached hydrogens (primary N) is 1. The van der Waals surface area contributed by atoms with Crippen molar-refractivity contribution < 1.29 is 5.11 Å². The summed E-state index contributed by atoms with van der Waals surface area (Å²) in [6.07, 6.45) is 0. The third kappa shape index (κ3) is 1.64. The maximum atomic E-state index is 9.83. The van der Waals surface area contributed by atoms with E-state index in [1.54, 1.807) is 0 Å². The first kappa shape index (κ1) is 12.1. The van der Waals surface area contributed by atoms with Gasteiger partial charge in [0.1, 0.15) is 5.75 Å². The van der Waals surface area contributed by atoms with E-state index in [1.807, 2.05) is 20.8 Å². The van der Waals surface area contributed by atoms with Crippen molar-refractivity contribution in [3.63, 3.8) is 0 Å². The molecular formula is C10H13ClN2OS. The number of rotatable bonds is 0. The lowest BCUT2D eigenvalue weighted by Crippen LogP contribution is -1.88. The van der Waals surface area contributed by atoms with Gasteiger partial charge >= 0.3 is 0 Å². The van der Waals surface area contributed by atoms with E-state index in [9.17, 15) is 5.11 Å². The molecule has 1 heterocycles. The molecule has 0 saturated heterocycles. The molecule has 3 N–H and O–H groups in total. The lowest BCUT2D eigenvalue weighted by atomic mass is 10.0. The van der Waals surface area contributed by atoms with Crippen LogP contribution in [-0.4, -0.2) is 10.1 Å². The zero-order valence-corrected chi connectivity index (χ0v) is 10.4. The summed E-state index contributed by atoms with van der Waals surface area (Å²) in [4.78, 5) is 4.26. The second kappa shape index (κ2) is 3.87. The number of aromatic hydroxyl groups is 1. The average molecular weight is 245 g/mol. The van der Waals surface area contributed by atoms with Crippen LogP contribution in [0.5, 0.6) is 5.75 Å². The van der Waals surface area contributed by atoms with Gasteiger partial charge in [0.05, 0.1) is 10.2 Å². The first-order valence-electron chi connectivity index (χ1n) is 4.37. The molecule has 0 fully saturated rings. The molecule has 0 unspecified atom stereocenters. The fourth-order valence-electron chi connectivity index (χ4n) is 1.59. The molecule has 0 bridgehead atoms. The van der Waals surface area contributed by atoms with Crippen LogP contribution in [0.3, 0.4) is 0 Å². The van der Waals surface area contributed by atoms with E-state index in [0.717, 1.165) is 26.9 Å². The molecule has 0 radical (unpaired) electrons. The molecule has 0 spiro atoms. The van der Waals surface area contributed by atoms with Crippen LogP contribution in [0.4, 0.5) is 5.13 Å². The lowest BCUT2D eigenvalue weighted by Gasteiger charge is -2.07. The fourth-order valence-corrected chi connectivity index (χ4v) is 2.48. The van der Waals surface area contributed by atoms with E-state index < -0.39 is 0 Å². The van der Waals surface area contributed by atoms with Gasteiger partial charge in [-0.15, -0.1) is 12.4 Å². The molecule has 82 valence electrons. The van der Waals surface area contributed by atoms with E-state index in [-0.39, 0.29) is 12.4 Å². The number of phenolic OH excluding ortho intramolecular Hbond substituents is 1. The number of nitrogens with zero attached hydrogens (tertiary/aromatic N) is 1. The van der Waals surface area contributed by atoms with Gasteiger partial charge in [-0.2, -0.15) is 0 Å². The minimum absolute atomic E-state index is 0. The fraction of sp³-hybridized carbons (Fsp3) is 0.300. The monoisotopic (exact) mass is 244 g/mol. The maximum Gasteiger partial charge on any atom is 0.181 e. The van der Waals surface area contributed by atoms with Crippen LogP contribution in [0, 0.1) is 20.8 Å². The van der Waals surface area contributed by atoms with Gasteiger partial charge in [0.15, 0.2) is 5.13 Å². The number of aromatic nitrogens is 1. The Morgan fingerprint density at radius 2 is 1.73 bits per heavy atom. The Bertz CT molecular complexity index is 477. The molecule has 0 aliphatic heterocycles. The van der Waals surface area contributed by atoms with Crippen molar-refractivity contribution in [1.82, 2.24) is 4.98 Å². The van der Waals surface area contributed by atoms with Crippen LogP contribution in [0.1, 0.15) is 16.7 Å². The zero-order valence-electron chi connectivity index (χ0n) is 8.79. The highest BCUT2D eigenvalue weighted by Gasteiger charge is 2.14. The second-order valence-corrected chi connectivity index (χ2v) is 4.48. The Balaban J connectivity index is 0.00000112. The van der Waals surface area contributed by atoms with Crippen LogP contribution in [0.2, 0.25) is 0 Å². The number of phenols is 1. The Morgan fingerprint density at radius 1 is 1.13 bits per heavy atom. The maximum absolute atomic E-state index is 9.83. The largest absolute Gasteiger partial charge is 0.507 e. The molecule has 1 aromatic heterocycles. The summed E-state index contributed by atoms with van der Waals surface area (Å²) in [6, 6.07) is 0. The molecular weight excluding hydrogens is 232 g/mol. The zero-order chi connectivity index (χ0) is 10.5. The van der Waals surface area contributed by atoms with Gasteiger partial charge in [-0.1, -0.05) is 11.3 Å². The molecule has 2 rings (SSSR count). The van der Waals surface area contributed by atoms with Crippen molar-refractivity contribution >= 4 is 39.1 Å². The molecule has 0 aliphatic rings. The first-order chi connectivity index (χ1) is 6.52. The molecule has 1 aromatic carbocycles. The van der Waals surface area contributed by atoms with E-state index in [1.165, 1.54) is 11.3 Å². The predicted molar refractivity (Wildman–Crippen MR) is 67.2 cm³/mol. The van der Waals surface area contributed by atoms with E-state index in [2.05, 4.69) is 4.98 Å². The van der Waals surface area contributed by atoms with Gasteiger partial charge in [0.2, 0.25) is 0 Å². The minimum atomic E-state index is 0. The summed E-state index contributed by atoms with van der Waals surface area (Å²) in [7, 11) is 0. The Labute approximate surface area is 98.4 Å². The summed E-state index contributed by atoms with van der Waals surface area (Å²) in [6.45, 7) is 5.74. The number of benzene rings is 1. The van der Waals surface area contributed by atoms with Gasteiger partial charge in [-0.25, -0.2) is 4.98 Å². The quantitative estimate of drug-likeness (QED) is 0.749. The lowest BCUT2D eigenvalue weighted by molar-refractivity contribution is 0.467. The molecule has 0 aliphatic carbocycles. The van der Waals surface area contributed by atoms with Crippen molar-refractivity contribution in [2.75, 3.05) is 5.73 Å². The van der Waals surface area contributed by atoms with Crippen molar-refractivity contribution in [2.24, 2.45) is 0 Å². The van der Waals surface area contributed by atoms with Gasteiger partial charge in [0, 0.05) is 5.56 Å². The Kier molecular flexibility index (Phi) is 3.11. The SMILES string of the molecule is Cc1c(O)c(C)c2sc(N)nc2c1C.Cl. The topological polar surface area (TPSA) is 59.1 Å². The summed E-state index contributed by atoms with van der Waals surface area (Å²) in [5.74, 6) is 0.360. The summed E-state index contributed by atoms with van der Waals surface area (Å²) in [5, 5.41) is 10.4. The number of nitrogen functional groups attached to an aromatic ring is 1. The Morgan fingerprint density at radius 3 is 2.33 bits per heavy atom. The van der Waals surface area contributed by atoms with Crippen molar-refractivity contribution in [3.8, 4) is 5.75 Å². The highest BCUT2D eigenvalue weighted by Crippen LogP contribution is 2.37. The van der Waals surface area contributed by atoms with Crippen LogP contribution >= 0.6 is 23.7 Å². The number of hydrogen-bond donors (Lipinski definition) is 2. The molecule has 0 amide bonds. The van der Waals surface area contributed by atoms with E-state index in [0.29, 0.717) is 10.9 Å². The van der Waals surface area contributed by atoms with Gasteiger partial charge in [-0.3, -0.25) is 0 Å². The van der Waals surface area contributed by atoms with Gasteiger partial charge in [0.25, 0.3) is 0 Å². The first-order valence-corrected chi connectivity index (χ1v) is 5.18. The van der Waals surface area contributed by atoms with Gasteiger partial charge < -0.3 is 10.8 Å². The van der Waals surface area contributed by atoms with Gasteiger partial charge in [-0.05, 0) is 31.9 Å². The highest BCUT2D eigenvalue weighted by atomic mass is 35.5. The van der Waals surface area contributed by atoms with E-state index in [4.69, 9.17) is 5.73 Å². The number of hydrogen-bond acceptors (Lipinski definition) is 4. The standard InChI is InChI=1S/C10H12N2OS.ClH/c1-4-5(2)8(13)6(3)9-7(4)12-10(11)14-9;/h13H,1-3H3,(H2,11,12);1H. The smallest absolute Gasteiger partial charge is 0.181 e. The molecule has 2 aromatic rings. The number of anilines is 1. The van der Waals surface area contributed by atoms with E-state index >= 15 is 0 Å². The molecule has 0 saturated carbocycles.